The van der Waals surface area contributed by atoms with Crippen molar-refractivity contribution in [2.24, 2.45) is 0 Å². The molecule has 4 rings (SSSR count). The molecule has 2 nitrogen and oxygen atoms in total. The summed E-state index contributed by atoms with van der Waals surface area (Å²) in [6.07, 6.45) is 7.38. The summed E-state index contributed by atoms with van der Waals surface area (Å²) in [5.41, 5.74) is 10.2. The Morgan fingerprint density at radius 2 is 1.90 bits per heavy atom. The molecule has 21 heavy (non-hydrogen) atoms. The van der Waals surface area contributed by atoms with E-state index in [9.17, 15) is 0 Å². The molecule has 1 aromatic heterocycles. The summed E-state index contributed by atoms with van der Waals surface area (Å²) in [5, 5.41) is 2.17. The van der Waals surface area contributed by atoms with E-state index in [-0.39, 0.29) is 0 Å². The van der Waals surface area contributed by atoms with Crippen LogP contribution in [0.2, 0.25) is 0 Å². The second-order valence-electron chi connectivity index (χ2n) is 5.46. The molecule has 0 unspecified atom stereocenters. The molecule has 3 aromatic rings. The summed E-state index contributed by atoms with van der Waals surface area (Å²) < 4.78 is 0. The van der Waals surface area contributed by atoms with Crippen molar-refractivity contribution in [1.82, 2.24) is 4.98 Å². The summed E-state index contributed by atoms with van der Waals surface area (Å²) in [4.78, 5) is 6.54. The Balaban J connectivity index is 1.72. The van der Waals surface area contributed by atoms with Crippen LogP contribution >= 0.6 is 11.8 Å². The van der Waals surface area contributed by atoms with E-state index in [1.807, 2.05) is 12.3 Å². The molecule has 0 amide bonds. The predicted octanol–water partition coefficient (Wildman–Crippen LogP) is 4.46. The van der Waals surface area contributed by atoms with Crippen molar-refractivity contribution in [3.05, 3.63) is 59.9 Å². The van der Waals surface area contributed by atoms with Gasteiger partial charge < -0.3 is 5.73 Å². The van der Waals surface area contributed by atoms with Crippen LogP contribution in [-0.4, -0.2) is 4.98 Å². The van der Waals surface area contributed by atoms with Gasteiger partial charge in [0.15, 0.2) is 0 Å². The summed E-state index contributed by atoms with van der Waals surface area (Å²) >= 11 is 1.75. The van der Waals surface area contributed by atoms with Gasteiger partial charge in [-0.3, -0.25) is 4.98 Å². The SMILES string of the molecule is Nc1c(Sc2ccc3c(c2)CCC3)ccc2cnccc12. The zero-order valence-electron chi connectivity index (χ0n) is 11.7. The lowest BCUT2D eigenvalue weighted by Gasteiger charge is -2.09. The molecule has 0 aliphatic heterocycles. The van der Waals surface area contributed by atoms with Gasteiger partial charge in [-0.15, -0.1) is 0 Å². The lowest BCUT2D eigenvalue weighted by molar-refractivity contribution is 0.911. The van der Waals surface area contributed by atoms with Crippen LogP contribution in [0.4, 0.5) is 5.69 Å². The first-order chi connectivity index (χ1) is 10.3. The molecule has 0 saturated carbocycles. The van der Waals surface area contributed by atoms with Gasteiger partial charge in [0.05, 0.1) is 5.69 Å². The molecule has 0 spiro atoms. The minimum absolute atomic E-state index is 0.848. The van der Waals surface area contributed by atoms with E-state index in [0.717, 1.165) is 21.4 Å². The summed E-state index contributed by atoms with van der Waals surface area (Å²) in [6.45, 7) is 0. The molecular formula is C18H16N2S. The van der Waals surface area contributed by atoms with E-state index in [1.165, 1.54) is 35.3 Å². The van der Waals surface area contributed by atoms with E-state index in [1.54, 1.807) is 18.0 Å². The Morgan fingerprint density at radius 3 is 2.86 bits per heavy atom. The van der Waals surface area contributed by atoms with Gasteiger partial charge in [-0.25, -0.2) is 0 Å². The molecule has 2 aromatic carbocycles. The molecule has 0 bridgehead atoms. The number of aromatic nitrogens is 1. The summed E-state index contributed by atoms with van der Waals surface area (Å²) in [6, 6.07) is 13.0. The van der Waals surface area contributed by atoms with Gasteiger partial charge in [0, 0.05) is 33.0 Å². The number of pyridine rings is 1. The van der Waals surface area contributed by atoms with Crippen LogP contribution in [0.1, 0.15) is 17.5 Å². The fourth-order valence-corrected chi connectivity index (χ4v) is 3.95. The van der Waals surface area contributed by atoms with Gasteiger partial charge in [0.25, 0.3) is 0 Å². The highest BCUT2D eigenvalue weighted by Gasteiger charge is 2.12. The normalized spacial score (nSPS) is 13.5. The van der Waals surface area contributed by atoms with Gasteiger partial charge in [-0.1, -0.05) is 23.9 Å². The third-order valence-corrected chi connectivity index (χ3v) is 5.19. The Kier molecular flexibility index (Phi) is 3.08. The molecule has 0 saturated heterocycles. The van der Waals surface area contributed by atoms with Crippen molar-refractivity contribution in [2.75, 3.05) is 5.73 Å². The average molecular weight is 292 g/mol. The molecule has 0 atom stereocenters. The molecule has 2 N–H and O–H groups in total. The number of rotatable bonds is 2. The molecule has 1 heterocycles. The van der Waals surface area contributed by atoms with E-state index in [0.29, 0.717) is 0 Å². The number of hydrogen-bond donors (Lipinski definition) is 1. The first-order valence-corrected chi connectivity index (χ1v) is 8.05. The first-order valence-electron chi connectivity index (χ1n) is 7.23. The van der Waals surface area contributed by atoms with Gasteiger partial charge in [0.2, 0.25) is 0 Å². The molecule has 1 aliphatic carbocycles. The molecule has 3 heteroatoms. The zero-order chi connectivity index (χ0) is 14.2. The summed E-state index contributed by atoms with van der Waals surface area (Å²) in [5.74, 6) is 0. The highest BCUT2D eigenvalue weighted by Crippen LogP contribution is 2.37. The fourth-order valence-electron chi connectivity index (χ4n) is 3.00. The minimum atomic E-state index is 0.848. The number of hydrogen-bond acceptors (Lipinski definition) is 3. The number of nitrogens with zero attached hydrogens (tertiary/aromatic N) is 1. The van der Waals surface area contributed by atoms with Crippen LogP contribution in [0.5, 0.6) is 0 Å². The topological polar surface area (TPSA) is 38.9 Å². The molecule has 0 fully saturated rings. The molecular weight excluding hydrogens is 276 g/mol. The van der Waals surface area contributed by atoms with Gasteiger partial charge in [0.1, 0.15) is 0 Å². The Hall–Kier alpha value is -2.00. The van der Waals surface area contributed by atoms with Crippen molar-refractivity contribution in [3.63, 3.8) is 0 Å². The Labute approximate surface area is 128 Å². The minimum Gasteiger partial charge on any atom is -0.397 e. The van der Waals surface area contributed by atoms with E-state index < -0.39 is 0 Å². The molecule has 104 valence electrons. The second-order valence-corrected chi connectivity index (χ2v) is 6.58. The number of nitrogen functional groups attached to an aromatic ring is 1. The first kappa shape index (κ1) is 12.7. The Morgan fingerprint density at radius 1 is 1.00 bits per heavy atom. The average Bonchev–Trinajstić information content (AvgIpc) is 2.98. The molecule has 0 radical (unpaired) electrons. The predicted molar refractivity (Wildman–Crippen MR) is 88.7 cm³/mol. The van der Waals surface area contributed by atoms with Crippen LogP contribution in [-0.2, 0) is 12.8 Å². The maximum absolute atomic E-state index is 6.33. The van der Waals surface area contributed by atoms with Gasteiger partial charge in [-0.05, 0) is 54.7 Å². The number of aryl methyl sites for hydroxylation is 2. The largest absolute Gasteiger partial charge is 0.397 e. The number of fused-ring (bicyclic) bond motifs is 2. The van der Waals surface area contributed by atoms with Crippen LogP contribution in [0, 0.1) is 0 Å². The monoisotopic (exact) mass is 292 g/mol. The fraction of sp³-hybridized carbons (Fsp3) is 0.167. The standard InChI is InChI=1S/C18H16N2S/c19-18-16-8-9-20-11-14(16)5-7-17(18)21-15-6-4-12-2-1-3-13(12)10-15/h4-11H,1-3,19H2. The van der Waals surface area contributed by atoms with Crippen molar-refractivity contribution >= 4 is 28.2 Å². The van der Waals surface area contributed by atoms with Crippen LogP contribution in [0.25, 0.3) is 10.8 Å². The van der Waals surface area contributed by atoms with Crippen molar-refractivity contribution in [1.29, 1.82) is 0 Å². The summed E-state index contributed by atoms with van der Waals surface area (Å²) in [7, 11) is 0. The third kappa shape index (κ3) is 2.28. The maximum atomic E-state index is 6.33. The maximum Gasteiger partial charge on any atom is 0.0536 e. The number of anilines is 1. The van der Waals surface area contributed by atoms with Crippen LogP contribution < -0.4 is 5.73 Å². The van der Waals surface area contributed by atoms with Crippen LogP contribution in [0.3, 0.4) is 0 Å². The lowest BCUT2D eigenvalue weighted by Crippen LogP contribution is -1.91. The highest BCUT2D eigenvalue weighted by molar-refractivity contribution is 7.99. The van der Waals surface area contributed by atoms with Crippen molar-refractivity contribution in [3.8, 4) is 0 Å². The smallest absolute Gasteiger partial charge is 0.0536 e. The highest BCUT2D eigenvalue weighted by atomic mass is 32.2. The van der Waals surface area contributed by atoms with Gasteiger partial charge >= 0.3 is 0 Å². The zero-order valence-corrected chi connectivity index (χ0v) is 12.5. The number of benzene rings is 2. The van der Waals surface area contributed by atoms with Crippen LogP contribution in [0.15, 0.2) is 58.6 Å². The lowest BCUT2D eigenvalue weighted by atomic mass is 10.1. The number of nitrogens with two attached hydrogens (primary N) is 1. The van der Waals surface area contributed by atoms with E-state index >= 15 is 0 Å². The van der Waals surface area contributed by atoms with E-state index in [2.05, 4.69) is 35.3 Å². The quantitative estimate of drug-likeness (QED) is 0.709. The van der Waals surface area contributed by atoms with E-state index in [4.69, 9.17) is 5.73 Å². The Bertz CT molecular complexity index is 827. The molecule has 1 aliphatic rings. The van der Waals surface area contributed by atoms with Crippen molar-refractivity contribution in [2.45, 2.75) is 29.1 Å². The van der Waals surface area contributed by atoms with Crippen molar-refractivity contribution < 1.29 is 0 Å². The van der Waals surface area contributed by atoms with Gasteiger partial charge in [-0.2, -0.15) is 0 Å². The third-order valence-electron chi connectivity index (χ3n) is 4.12. The second kappa shape index (κ2) is 5.08.